The van der Waals surface area contributed by atoms with Crippen LogP contribution in [0.3, 0.4) is 0 Å². The smallest absolute Gasteiger partial charge is 0.193 e. The van der Waals surface area contributed by atoms with E-state index in [2.05, 4.69) is 126 Å². The minimum atomic E-state index is -0.287. The van der Waals surface area contributed by atoms with Gasteiger partial charge in [0.15, 0.2) is 5.78 Å². The number of hydrogen-bond acceptors (Lipinski definition) is 2. The van der Waals surface area contributed by atoms with Crippen molar-refractivity contribution in [2.45, 2.75) is 19.3 Å². The molecule has 3 aromatic heterocycles. The first-order valence-electron chi connectivity index (χ1n) is 17.4. The van der Waals surface area contributed by atoms with Crippen molar-refractivity contribution in [3.63, 3.8) is 0 Å². The van der Waals surface area contributed by atoms with Gasteiger partial charge in [-0.1, -0.05) is 123 Å². The third-order valence-corrected chi connectivity index (χ3v) is 10.7. The van der Waals surface area contributed by atoms with Crippen LogP contribution in [0, 0.1) is 0 Å². The molecule has 4 heterocycles. The first-order chi connectivity index (χ1) is 25.0. The van der Waals surface area contributed by atoms with Crippen LogP contribution in [0.15, 0.2) is 164 Å². The number of benzene rings is 6. The Labute approximate surface area is 295 Å². The zero-order valence-electron chi connectivity index (χ0n) is 28.3. The topological polar surface area (TPSA) is 39.8 Å². The molecule has 10 rings (SSSR count). The van der Waals surface area contributed by atoms with E-state index in [1.807, 2.05) is 60.8 Å². The number of pyridine rings is 1. The summed E-state index contributed by atoms with van der Waals surface area (Å²) >= 11 is 0. The summed E-state index contributed by atoms with van der Waals surface area (Å²) in [7, 11) is 0. The Bertz CT molecular complexity index is 2840. The van der Waals surface area contributed by atoms with Gasteiger partial charge in [0.05, 0.1) is 27.8 Å². The van der Waals surface area contributed by atoms with Crippen LogP contribution in [0.25, 0.3) is 66.5 Å². The molecule has 0 amide bonds. The third kappa shape index (κ3) is 4.33. The van der Waals surface area contributed by atoms with Crippen molar-refractivity contribution < 1.29 is 4.79 Å². The Morgan fingerprint density at radius 1 is 0.549 bits per heavy atom. The normalized spacial score (nSPS) is 13.1. The minimum Gasteiger partial charge on any atom is -0.310 e. The van der Waals surface area contributed by atoms with Crippen LogP contribution < -0.4 is 0 Å². The summed E-state index contributed by atoms with van der Waals surface area (Å²) in [5.74, 6) is 0.0249. The van der Waals surface area contributed by atoms with Crippen molar-refractivity contribution in [3.05, 3.63) is 186 Å². The molecule has 0 atom stereocenters. The van der Waals surface area contributed by atoms with Crippen LogP contribution in [0.4, 0.5) is 0 Å². The summed E-state index contributed by atoms with van der Waals surface area (Å²) in [6.07, 6.45) is 1.90. The Kier molecular flexibility index (Phi) is 6.34. The molecule has 4 heteroatoms. The van der Waals surface area contributed by atoms with Crippen LogP contribution in [0.2, 0.25) is 0 Å². The number of hydrogen-bond donors (Lipinski definition) is 0. The zero-order chi connectivity index (χ0) is 34.3. The standard InChI is InChI=1S/C47H33N3O/c1-47(2)38-29-41-37(28-42(38)50-40-24-13-25-48-44(40)43(46(47)50)30-14-5-3-6-15-30)36-22-9-10-23-39(36)49(41)35-21-12-19-33(27-35)32-18-11-20-34(26-32)45(51)31-16-7-4-8-17-31/h3-29H,1-2H3. The summed E-state index contributed by atoms with van der Waals surface area (Å²) in [6, 6.07) is 54.5. The molecule has 1 aliphatic rings. The minimum absolute atomic E-state index is 0.0249. The highest BCUT2D eigenvalue weighted by Crippen LogP contribution is 2.52. The Hall–Kier alpha value is -6.52. The van der Waals surface area contributed by atoms with E-state index in [0.29, 0.717) is 11.1 Å². The molecule has 0 bridgehead atoms. The first-order valence-corrected chi connectivity index (χ1v) is 17.4. The molecule has 0 unspecified atom stereocenters. The van der Waals surface area contributed by atoms with Crippen molar-refractivity contribution in [2.75, 3.05) is 0 Å². The van der Waals surface area contributed by atoms with Gasteiger partial charge in [0.25, 0.3) is 0 Å². The Balaban J connectivity index is 1.17. The molecule has 0 fully saturated rings. The van der Waals surface area contributed by atoms with Crippen molar-refractivity contribution >= 4 is 38.6 Å². The second kappa shape index (κ2) is 11.0. The average Bonchev–Trinajstić information content (AvgIpc) is 3.78. The molecular formula is C47H33N3O. The highest BCUT2D eigenvalue weighted by atomic mass is 16.1. The van der Waals surface area contributed by atoms with Crippen molar-refractivity contribution in [1.82, 2.24) is 14.1 Å². The molecule has 242 valence electrons. The molecule has 0 saturated heterocycles. The summed E-state index contributed by atoms with van der Waals surface area (Å²) < 4.78 is 4.85. The van der Waals surface area contributed by atoms with Crippen molar-refractivity contribution in [3.8, 4) is 33.6 Å². The molecule has 1 aliphatic heterocycles. The monoisotopic (exact) mass is 655 g/mol. The van der Waals surface area contributed by atoms with E-state index >= 15 is 0 Å². The van der Waals surface area contributed by atoms with E-state index < -0.39 is 0 Å². The fraction of sp³-hybridized carbons (Fsp3) is 0.0638. The lowest BCUT2D eigenvalue weighted by molar-refractivity contribution is 0.103. The number of carbonyl (C=O) groups excluding carboxylic acids is 1. The number of carbonyl (C=O) groups is 1. The predicted octanol–water partition coefficient (Wildman–Crippen LogP) is 11.3. The van der Waals surface area contributed by atoms with Gasteiger partial charge in [0, 0.05) is 50.5 Å². The number of nitrogens with zero attached hydrogens (tertiary/aromatic N) is 3. The van der Waals surface area contributed by atoms with Gasteiger partial charge < -0.3 is 9.13 Å². The fourth-order valence-corrected chi connectivity index (χ4v) is 8.35. The summed E-state index contributed by atoms with van der Waals surface area (Å²) in [5, 5.41) is 2.42. The van der Waals surface area contributed by atoms with E-state index in [-0.39, 0.29) is 11.2 Å². The second-order valence-electron chi connectivity index (χ2n) is 14.0. The van der Waals surface area contributed by atoms with Gasteiger partial charge >= 0.3 is 0 Å². The van der Waals surface area contributed by atoms with Gasteiger partial charge in [-0.25, -0.2) is 0 Å². The molecule has 0 N–H and O–H groups in total. The maximum absolute atomic E-state index is 13.3. The van der Waals surface area contributed by atoms with Crippen molar-refractivity contribution in [2.24, 2.45) is 0 Å². The van der Waals surface area contributed by atoms with Crippen LogP contribution in [0.1, 0.15) is 41.0 Å². The molecule has 4 nitrogen and oxygen atoms in total. The van der Waals surface area contributed by atoms with E-state index in [1.165, 1.54) is 44.4 Å². The zero-order valence-corrected chi connectivity index (χ0v) is 28.3. The lowest BCUT2D eigenvalue weighted by Gasteiger charge is -2.22. The number of rotatable bonds is 5. The summed E-state index contributed by atoms with van der Waals surface area (Å²) in [5.41, 5.74) is 14.9. The number of aromatic nitrogens is 3. The van der Waals surface area contributed by atoms with E-state index in [9.17, 15) is 4.79 Å². The average molecular weight is 656 g/mol. The van der Waals surface area contributed by atoms with E-state index in [4.69, 9.17) is 4.98 Å². The van der Waals surface area contributed by atoms with Crippen molar-refractivity contribution in [1.29, 1.82) is 0 Å². The SMILES string of the molecule is CC1(C)c2cc3c(cc2-n2c1c(-c1ccccc1)c1ncccc12)c1ccccc1n3-c1cccc(-c2cccc(C(=O)c3ccccc3)c2)c1. The molecule has 6 aromatic carbocycles. The fourth-order valence-electron chi connectivity index (χ4n) is 8.35. The van der Waals surface area contributed by atoms with Gasteiger partial charge in [0.2, 0.25) is 0 Å². The van der Waals surface area contributed by atoms with Crippen LogP contribution in [0.5, 0.6) is 0 Å². The van der Waals surface area contributed by atoms with E-state index in [0.717, 1.165) is 33.4 Å². The van der Waals surface area contributed by atoms with Crippen LogP contribution in [-0.4, -0.2) is 19.9 Å². The third-order valence-electron chi connectivity index (χ3n) is 10.7. The highest BCUT2D eigenvalue weighted by Gasteiger charge is 2.41. The molecule has 51 heavy (non-hydrogen) atoms. The lowest BCUT2D eigenvalue weighted by atomic mass is 9.80. The van der Waals surface area contributed by atoms with Gasteiger partial charge in [-0.05, 0) is 70.8 Å². The summed E-state index contributed by atoms with van der Waals surface area (Å²) in [4.78, 5) is 18.3. The maximum Gasteiger partial charge on any atom is 0.193 e. The molecular weight excluding hydrogens is 623 g/mol. The molecule has 0 radical (unpaired) electrons. The van der Waals surface area contributed by atoms with Gasteiger partial charge in [-0.3, -0.25) is 9.78 Å². The highest BCUT2D eigenvalue weighted by molar-refractivity contribution is 6.12. The lowest BCUT2D eigenvalue weighted by Crippen LogP contribution is -2.16. The number of para-hydroxylation sites is 1. The maximum atomic E-state index is 13.3. The Morgan fingerprint density at radius 2 is 1.22 bits per heavy atom. The second-order valence-corrected chi connectivity index (χ2v) is 14.0. The van der Waals surface area contributed by atoms with Gasteiger partial charge in [-0.15, -0.1) is 0 Å². The Morgan fingerprint density at radius 3 is 2.04 bits per heavy atom. The van der Waals surface area contributed by atoms with E-state index in [1.54, 1.807) is 0 Å². The van der Waals surface area contributed by atoms with Gasteiger partial charge in [0.1, 0.15) is 0 Å². The van der Waals surface area contributed by atoms with Crippen LogP contribution >= 0.6 is 0 Å². The number of fused-ring (bicyclic) bond motifs is 8. The number of ketones is 1. The molecule has 0 saturated carbocycles. The molecule has 0 spiro atoms. The van der Waals surface area contributed by atoms with Gasteiger partial charge in [-0.2, -0.15) is 0 Å². The quantitative estimate of drug-likeness (QED) is 0.173. The largest absolute Gasteiger partial charge is 0.310 e. The summed E-state index contributed by atoms with van der Waals surface area (Å²) in [6.45, 7) is 4.69. The predicted molar refractivity (Wildman–Crippen MR) is 208 cm³/mol. The van der Waals surface area contributed by atoms with Crippen LogP contribution in [-0.2, 0) is 5.41 Å². The molecule has 0 aliphatic carbocycles. The first kappa shape index (κ1) is 29.4. The molecule has 9 aromatic rings.